The second kappa shape index (κ2) is 11.0. The second-order valence-corrected chi connectivity index (χ2v) is 8.23. The molecular formula is C22H24N2S2. The Morgan fingerprint density at radius 1 is 0.577 bits per heavy atom. The fraction of sp³-hybridized carbons (Fsp3) is 0.273. The molecular weight excluding hydrogens is 356 g/mol. The largest absolute Gasteiger partial charge is 0.261 e. The molecule has 0 atom stereocenters. The Balaban J connectivity index is 1.41. The van der Waals surface area contributed by atoms with E-state index in [1.165, 1.54) is 22.5 Å². The fourth-order valence-electron chi connectivity index (χ4n) is 2.65. The summed E-state index contributed by atoms with van der Waals surface area (Å²) in [5.74, 6) is 4.37. The van der Waals surface area contributed by atoms with Crippen molar-refractivity contribution in [3.8, 4) is 0 Å². The number of nitrogens with zero attached hydrogens (tertiary/aromatic N) is 2. The van der Waals surface area contributed by atoms with Gasteiger partial charge in [0.25, 0.3) is 0 Å². The Hall–Kier alpha value is -1.78. The molecule has 2 aromatic heterocycles. The predicted molar refractivity (Wildman–Crippen MR) is 115 cm³/mol. The molecule has 0 aliphatic carbocycles. The summed E-state index contributed by atoms with van der Waals surface area (Å²) < 4.78 is 0. The van der Waals surface area contributed by atoms with Gasteiger partial charge in [-0.05, 0) is 59.7 Å². The molecule has 0 amide bonds. The molecule has 0 aliphatic heterocycles. The lowest BCUT2D eigenvalue weighted by atomic mass is 10.1. The van der Waals surface area contributed by atoms with Crippen LogP contribution in [-0.4, -0.2) is 21.5 Å². The van der Waals surface area contributed by atoms with Crippen LogP contribution < -0.4 is 0 Å². The highest BCUT2D eigenvalue weighted by molar-refractivity contribution is 7.98. The zero-order valence-electron chi connectivity index (χ0n) is 14.9. The first-order valence-corrected chi connectivity index (χ1v) is 11.2. The SMILES string of the molecule is c1ccc(CCSCc2ccccc2CSCCc2ccccn2)nc1. The third-order valence-electron chi connectivity index (χ3n) is 4.09. The molecule has 26 heavy (non-hydrogen) atoms. The summed E-state index contributed by atoms with van der Waals surface area (Å²) in [6.07, 6.45) is 5.81. The highest BCUT2D eigenvalue weighted by atomic mass is 32.2. The smallest absolute Gasteiger partial charge is 0.0411 e. The number of aryl methyl sites for hydroxylation is 2. The minimum atomic E-state index is 1.03. The van der Waals surface area contributed by atoms with Gasteiger partial charge in [-0.3, -0.25) is 9.97 Å². The highest BCUT2D eigenvalue weighted by Gasteiger charge is 2.03. The zero-order chi connectivity index (χ0) is 17.9. The summed E-state index contributed by atoms with van der Waals surface area (Å²) in [5.41, 5.74) is 5.28. The minimum Gasteiger partial charge on any atom is -0.261 e. The molecule has 1 aromatic carbocycles. The topological polar surface area (TPSA) is 25.8 Å². The lowest BCUT2D eigenvalue weighted by Gasteiger charge is -2.09. The molecule has 0 fully saturated rings. The van der Waals surface area contributed by atoms with Gasteiger partial charge in [0.2, 0.25) is 0 Å². The van der Waals surface area contributed by atoms with Gasteiger partial charge in [0, 0.05) is 35.3 Å². The molecule has 0 saturated carbocycles. The molecule has 0 bridgehead atoms. The second-order valence-electron chi connectivity index (χ2n) is 6.02. The molecule has 4 heteroatoms. The van der Waals surface area contributed by atoms with Gasteiger partial charge < -0.3 is 0 Å². The molecule has 0 saturated heterocycles. The van der Waals surface area contributed by atoms with E-state index >= 15 is 0 Å². The van der Waals surface area contributed by atoms with Crippen LogP contribution in [0.25, 0.3) is 0 Å². The van der Waals surface area contributed by atoms with E-state index in [1.807, 2.05) is 48.1 Å². The third kappa shape index (κ3) is 6.50. The molecule has 2 nitrogen and oxygen atoms in total. The molecule has 2 heterocycles. The van der Waals surface area contributed by atoms with Crippen molar-refractivity contribution in [1.82, 2.24) is 9.97 Å². The van der Waals surface area contributed by atoms with E-state index in [2.05, 4.69) is 58.5 Å². The van der Waals surface area contributed by atoms with E-state index in [0.717, 1.165) is 35.9 Å². The number of rotatable bonds is 10. The van der Waals surface area contributed by atoms with Crippen LogP contribution in [0.2, 0.25) is 0 Å². The van der Waals surface area contributed by atoms with Crippen molar-refractivity contribution < 1.29 is 0 Å². The predicted octanol–water partition coefficient (Wildman–Crippen LogP) is 5.43. The fourth-order valence-corrected chi connectivity index (χ4v) is 4.65. The molecule has 134 valence electrons. The quantitative estimate of drug-likeness (QED) is 0.438. The van der Waals surface area contributed by atoms with E-state index in [4.69, 9.17) is 0 Å². The maximum Gasteiger partial charge on any atom is 0.0411 e. The van der Waals surface area contributed by atoms with Gasteiger partial charge in [-0.1, -0.05) is 36.4 Å². The summed E-state index contributed by atoms with van der Waals surface area (Å²) in [7, 11) is 0. The number of benzene rings is 1. The lowest BCUT2D eigenvalue weighted by molar-refractivity contribution is 1.04. The number of hydrogen-bond donors (Lipinski definition) is 0. The van der Waals surface area contributed by atoms with Crippen LogP contribution in [-0.2, 0) is 24.3 Å². The van der Waals surface area contributed by atoms with E-state index in [1.54, 1.807) is 0 Å². The lowest BCUT2D eigenvalue weighted by Crippen LogP contribution is -1.96. The van der Waals surface area contributed by atoms with Gasteiger partial charge in [0.05, 0.1) is 0 Å². The van der Waals surface area contributed by atoms with Gasteiger partial charge in [-0.15, -0.1) is 0 Å². The van der Waals surface area contributed by atoms with Crippen molar-refractivity contribution in [2.24, 2.45) is 0 Å². The average molecular weight is 381 g/mol. The van der Waals surface area contributed by atoms with Crippen LogP contribution in [0.3, 0.4) is 0 Å². The number of aromatic nitrogens is 2. The van der Waals surface area contributed by atoms with Crippen molar-refractivity contribution in [1.29, 1.82) is 0 Å². The summed E-state index contributed by atoms with van der Waals surface area (Å²) in [4.78, 5) is 8.79. The van der Waals surface area contributed by atoms with E-state index in [-0.39, 0.29) is 0 Å². The maximum absolute atomic E-state index is 4.39. The molecule has 0 radical (unpaired) electrons. The summed E-state index contributed by atoms with van der Waals surface area (Å²) >= 11 is 3.98. The Bertz CT molecular complexity index is 697. The van der Waals surface area contributed by atoms with Crippen molar-refractivity contribution in [2.45, 2.75) is 24.3 Å². The van der Waals surface area contributed by atoms with Gasteiger partial charge >= 0.3 is 0 Å². The Morgan fingerprint density at radius 3 is 1.46 bits per heavy atom. The molecule has 0 N–H and O–H groups in total. The summed E-state index contributed by atoms with van der Waals surface area (Å²) in [6, 6.07) is 21.1. The molecule has 0 spiro atoms. The maximum atomic E-state index is 4.39. The molecule has 0 unspecified atom stereocenters. The summed E-state index contributed by atoms with van der Waals surface area (Å²) in [6.45, 7) is 0. The zero-order valence-corrected chi connectivity index (χ0v) is 16.5. The third-order valence-corrected chi connectivity index (χ3v) is 6.11. The average Bonchev–Trinajstić information content (AvgIpc) is 2.71. The first-order valence-electron chi connectivity index (χ1n) is 8.94. The number of pyridine rings is 2. The van der Waals surface area contributed by atoms with Crippen molar-refractivity contribution in [2.75, 3.05) is 11.5 Å². The number of thioether (sulfide) groups is 2. The first-order chi connectivity index (χ1) is 12.9. The van der Waals surface area contributed by atoms with Crippen LogP contribution in [0, 0.1) is 0 Å². The van der Waals surface area contributed by atoms with Crippen LogP contribution >= 0.6 is 23.5 Å². The van der Waals surface area contributed by atoms with Crippen LogP contribution in [0.5, 0.6) is 0 Å². The minimum absolute atomic E-state index is 1.03. The Kier molecular flexibility index (Phi) is 8.07. The van der Waals surface area contributed by atoms with Crippen LogP contribution in [0.4, 0.5) is 0 Å². The molecule has 0 aliphatic rings. The highest BCUT2D eigenvalue weighted by Crippen LogP contribution is 2.22. The normalized spacial score (nSPS) is 10.8. The first kappa shape index (κ1) is 19.0. The van der Waals surface area contributed by atoms with Gasteiger partial charge in [0.1, 0.15) is 0 Å². The monoisotopic (exact) mass is 380 g/mol. The number of hydrogen-bond acceptors (Lipinski definition) is 4. The van der Waals surface area contributed by atoms with Crippen LogP contribution in [0.1, 0.15) is 22.5 Å². The molecule has 3 rings (SSSR count). The standard InChI is InChI=1S/C22H24N2S2/c1-2-8-20(18-26-16-12-22-10-4-6-14-24-22)19(7-1)17-25-15-11-21-9-3-5-13-23-21/h1-10,13-14H,11-12,15-18H2. The van der Waals surface area contributed by atoms with E-state index < -0.39 is 0 Å². The van der Waals surface area contributed by atoms with Crippen molar-refractivity contribution in [3.63, 3.8) is 0 Å². The Morgan fingerprint density at radius 2 is 1.04 bits per heavy atom. The van der Waals surface area contributed by atoms with Gasteiger partial charge in [-0.25, -0.2) is 0 Å². The van der Waals surface area contributed by atoms with Gasteiger partial charge in [0.15, 0.2) is 0 Å². The molecule has 3 aromatic rings. The van der Waals surface area contributed by atoms with Crippen molar-refractivity contribution in [3.05, 3.63) is 95.6 Å². The van der Waals surface area contributed by atoms with E-state index in [9.17, 15) is 0 Å². The van der Waals surface area contributed by atoms with Crippen LogP contribution in [0.15, 0.2) is 73.1 Å². The van der Waals surface area contributed by atoms with E-state index in [0.29, 0.717) is 0 Å². The summed E-state index contributed by atoms with van der Waals surface area (Å²) in [5, 5.41) is 0. The van der Waals surface area contributed by atoms with Gasteiger partial charge in [-0.2, -0.15) is 23.5 Å². The Labute approximate surface area is 164 Å². The van der Waals surface area contributed by atoms with Crippen molar-refractivity contribution >= 4 is 23.5 Å².